The first-order valence-electron chi connectivity index (χ1n) is 4.86. The van der Waals surface area contributed by atoms with Crippen molar-refractivity contribution in [3.63, 3.8) is 0 Å². The third kappa shape index (κ3) is 3.53. The van der Waals surface area contributed by atoms with Gasteiger partial charge in [0.1, 0.15) is 12.7 Å². The van der Waals surface area contributed by atoms with Crippen LogP contribution in [0.4, 0.5) is 18.9 Å². The molecular weight excluding hydrogens is 265 g/mol. The summed E-state index contributed by atoms with van der Waals surface area (Å²) in [5.74, 6) is -2.91. The number of nitriles is 1. The molecule has 0 radical (unpaired) electrons. The summed E-state index contributed by atoms with van der Waals surface area (Å²) in [4.78, 5) is 21.9. The number of nitrogens with zero attached hydrogens (tertiary/aromatic N) is 1. The maximum Gasteiger partial charge on any atom is 0.471 e. The van der Waals surface area contributed by atoms with Crippen LogP contribution in [-0.2, 0) is 4.79 Å². The van der Waals surface area contributed by atoms with Crippen LogP contribution in [0.5, 0.6) is 0 Å². The van der Waals surface area contributed by atoms with E-state index in [-0.39, 0.29) is 16.8 Å². The first-order chi connectivity index (χ1) is 8.79. The van der Waals surface area contributed by atoms with Crippen LogP contribution in [0.2, 0.25) is 0 Å². The normalized spacial score (nSPS) is 10.7. The summed E-state index contributed by atoms with van der Waals surface area (Å²) in [6, 6.07) is 4.64. The van der Waals surface area contributed by atoms with Gasteiger partial charge in [-0.3, -0.25) is 9.59 Å². The molecule has 0 aliphatic heterocycles. The number of carbonyl (C=O) groups excluding carboxylic acids is 2. The van der Waals surface area contributed by atoms with Gasteiger partial charge in [-0.25, -0.2) is 0 Å². The van der Waals surface area contributed by atoms with E-state index in [9.17, 15) is 22.8 Å². The van der Waals surface area contributed by atoms with Crippen LogP contribution in [0.25, 0.3) is 0 Å². The summed E-state index contributed by atoms with van der Waals surface area (Å²) in [7, 11) is 0. The van der Waals surface area contributed by atoms with Crippen LogP contribution in [0.15, 0.2) is 18.2 Å². The Labute approximate surface area is 105 Å². The van der Waals surface area contributed by atoms with E-state index >= 15 is 0 Å². The first-order valence-corrected chi connectivity index (χ1v) is 4.86. The summed E-state index contributed by atoms with van der Waals surface area (Å²) in [5, 5.41) is 18.9. The van der Waals surface area contributed by atoms with E-state index in [1.54, 1.807) is 6.07 Å². The smallest absolute Gasteiger partial charge is 0.388 e. The number of Topliss-reactive ketones (excluding diaryl/α,β-unsaturated/α-hetero) is 1. The van der Waals surface area contributed by atoms with Crippen molar-refractivity contribution >= 4 is 17.4 Å². The van der Waals surface area contributed by atoms with Crippen molar-refractivity contribution in [1.82, 2.24) is 0 Å². The number of amides is 1. The molecule has 1 amide bonds. The molecule has 0 unspecified atom stereocenters. The fourth-order valence-corrected chi connectivity index (χ4v) is 1.20. The van der Waals surface area contributed by atoms with Gasteiger partial charge in [0.05, 0.1) is 11.3 Å². The third-order valence-electron chi connectivity index (χ3n) is 2.11. The maximum absolute atomic E-state index is 12.1. The van der Waals surface area contributed by atoms with Crippen molar-refractivity contribution in [3.8, 4) is 6.07 Å². The van der Waals surface area contributed by atoms with E-state index in [0.29, 0.717) is 0 Å². The summed E-state index contributed by atoms with van der Waals surface area (Å²) in [6.45, 7) is -0.793. The van der Waals surface area contributed by atoms with Crippen molar-refractivity contribution in [2.45, 2.75) is 6.18 Å². The van der Waals surface area contributed by atoms with Gasteiger partial charge in [0, 0.05) is 5.56 Å². The van der Waals surface area contributed by atoms with Gasteiger partial charge >= 0.3 is 12.1 Å². The lowest BCUT2D eigenvalue weighted by Gasteiger charge is -2.10. The molecule has 0 bridgehead atoms. The highest BCUT2D eigenvalue weighted by atomic mass is 19.4. The quantitative estimate of drug-likeness (QED) is 0.810. The minimum absolute atomic E-state index is 0.0379. The lowest BCUT2D eigenvalue weighted by Crippen LogP contribution is -2.30. The SMILES string of the molecule is N#Cc1cc(C(=O)CO)ccc1NC(=O)C(F)(F)F. The van der Waals surface area contributed by atoms with Gasteiger partial charge in [0.25, 0.3) is 0 Å². The molecule has 8 heteroatoms. The second-order valence-electron chi connectivity index (χ2n) is 3.41. The topological polar surface area (TPSA) is 90.2 Å². The summed E-state index contributed by atoms with van der Waals surface area (Å²) < 4.78 is 36.2. The minimum Gasteiger partial charge on any atom is -0.388 e. The van der Waals surface area contributed by atoms with E-state index in [1.807, 2.05) is 0 Å². The zero-order valence-corrected chi connectivity index (χ0v) is 9.28. The number of anilines is 1. The molecule has 1 aromatic carbocycles. The molecule has 0 heterocycles. The van der Waals surface area contributed by atoms with E-state index in [1.165, 1.54) is 5.32 Å². The van der Waals surface area contributed by atoms with Gasteiger partial charge in [-0.2, -0.15) is 18.4 Å². The van der Waals surface area contributed by atoms with Crippen molar-refractivity contribution in [1.29, 1.82) is 5.26 Å². The van der Waals surface area contributed by atoms with Gasteiger partial charge in [-0.15, -0.1) is 0 Å². The van der Waals surface area contributed by atoms with Crippen molar-refractivity contribution in [3.05, 3.63) is 29.3 Å². The Bertz CT molecular complexity index is 561. The Morgan fingerprint density at radius 3 is 2.47 bits per heavy atom. The summed E-state index contributed by atoms with van der Waals surface area (Å²) >= 11 is 0. The number of hydrogen-bond donors (Lipinski definition) is 2. The molecule has 0 spiro atoms. The highest BCUT2D eigenvalue weighted by molar-refractivity contribution is 5.99. The number of alkyl halides is 3. The number of benzene rings is 1. The van der Waals surface area contributed by atoms with Gasteiger partial charge < -0.3 is 10.4 Å². The zero-order valence-electron chi connectivity index (χ0n) is 9.28. The fraction of sp³-hybridized carbons (Fsp3) is 0.182. The molecule has 0 atom stereocenters. The van der Waals surface area contributed by atoms with Crippen LogP contribution in [0, 0.1) is 11.3 Å². The molecule has 100 valence electrons. The zero-order chi connectivity index (χ0) is 14.6. The second kappa shape index (κ2) is 5.49. The van der Waals surface area contributed by atoms with Crippen molar-refractivity contribution in [2.24, 2.45) is 0 Å². The number of aliphatic hydroxyl groups is 1. The molecule has 19 heavy (non-hydrogen) atoms. The number of ketones is 1. The Balaban J connectivity index is 3.08. The molecule has 0 saturated carbocycles. The molecule has 2 N–H and O–H groups in total. The van der Waals surface area contributed by atoms with Gasteiger partial charge in [-0.05, 0) is 18.2 Å². The number of aliphatic hydroxyl groups excluding tert-OH is 1. The van der Waals surface area contributed by atoms with Crippen molar-refractivity contribution in [2.75, 3.05) is 11.9 Å². The van der Waals surface area contributed by atoms with E-state index in [4.69, 9.17) is 10.4 Å². The fourth-order valence-electron chi connectivity index (χ4n) is 1.20. The Kier molecular flexibility index (Phi) is 4.24. The van der Waals surface area contributed by atoms with Gasteiger partial charge in [-0.1, -0.05) is 0 Å². The van der Waals surface area contributed by atoms with E-state index < -0.39 is 24.5 Å². The average Bonchev–Trinajstić information content (AvgIpc) is 2.37. The van der Waals surface area contributed by atoms with Crippen LogP contribution < -0.4 is 5.32 Å². The summed E-state index contributed by atoms with van der Waals surface area (Å²) in [6.07, 6.45) is -5.08. The van der Waals surface area contributed by atoms with E-state index in [2.05, 4.69) is 0 Å². The molecule has 1 rings (SSSR count). The Morgan fingerprint density at radius 2 is 2.00 bits per heavy atom. The Morgan fingerprint density at radius 1 is 1.37 bits per heavy atom. The molecule has 5 nitrogen and oxygen atoms in total. The first kappa shape index (κ1) is 14.7. The highest BCUT2D eigenvalue weighted by Gasteiger charge is 2.39. The number of nitrogens with one attached hydrogen (secondary N) is 1. The highest BCUT2D eigenvalue weighted by Crippen LogP contribution is 2.21. The summed E-state index contributed by atoms with van der Waals surface area (Å²) in [5.41, 5.74) is -0.708. The molecule has 0 aliphatic carbocycles. The second-order valence-corrected chi connectivity index (χ2v) is 3.41. The van der Waals surface area contributed by atoms with Crippen LogP contribution in [0.1, 0.15) is 15.9 Å². The predicted octanol–water partition coefficient (Wildman–Crippen LogP) is 1.23. The van der Waals surface area contributed by atoms with Crippen LogP contribution in [0.3, 0.4) is 0 Å². The predicted molar refractivity (Wildman–Crippen MR) is 57.3 cm³/mol. The van der Waals surface area contributed by atoms with Crippen LogP contribution >= 0.6 is 0 Å². The lowest BCUT2D eigenvalue weighted by molar-refractivity contribution is -0.167. The Hall–Kier alpha value is -2.40. The van der Waals surface area contributed by atoms with Crippen LogP contribution in [-0.4, -0.2) is 29.6 Å². The number of halogens is 3. The minimum atomic E-state index is -5.08. The standard InChI is InChI=1S/C11H7F3N2O3/c12-11(13,14)10(19)16-8-2-1-6(9(18)5-17)3-7(8)4-15/h1-3,17H,5H2,(H,16,19). The molecule has 0 saturated heterocycles. The monoisotopic (exact) mass is 272 g/mol. The van der Waals surface area contributed by atoms with Gasteiger partial charge in [0.2, 0.25) is 0 Å². The molecule has 0 aliphatic rings. The number of carbonyl (C=O) groups is 2. The lowest BCUT2D eigenvalue weighted by atomic mass is 10.1. The maximum atomic E-state index is 12.1. The molecule has 1 aromatic rings. The number of rotatable bonds is 3. The largest absolute Gasteiger partial charge is 0.471 e. The van der Waals surface area contributed by atoms with Gasteiger partial charge in [0.15, 0.2) is 5.78 Å². The molecule has 0 aromatic heterocycles. The third-order valence-corrected chi connectivity index (χ3v) is 2.11. The molecule has 0 fully saturated rings. The number of hydrogen-bond acceptors (Lipinski definition) is 4. The van der Waals surface area contributed by atoms with E-state index in [0.717, 1.165) is 18.2 Å². The van der Waals surface area contributed by atoms with Crippen molar-refractivity contribution < 1.29 is 27.9 Å². The molecular formula is C11H7F3N2O3. The average molecular weight is 272 g/mol.